The van der Waals surface area contributed by atoms with E-state index in [9.17, 15) is 9.59 Å². The molecular formula is C17H25NO4. The number of rotatable bonds is 7. The Bertz CT molecular complexity index is 535. The fourth-order valence-electron chi connectivity index (χ4n) is 3.26. The monoisotopic (exact) mass is 307 g/mol. The number of unbranched alkanes of at least 4 members (excludes halogenated alkanes) is 1. The van der Waals surface area contributed by atoms with Gasteiger partial charge in [-0.2, -0.15) is 0 Å². The Morgan fingerprint density at radius 3 is 2.73 bits per heavy atom. The first-order valence-electron chi connectivity index (χ1n) is 8.23. The van der Waals surface area contributed by atoms with Crippen molar-refractivity contribution in [1.82, 2.24) is 5.32 Å². The van der Waals surface area contributed by atoms with Crippen molar-refractivity contribution < 1.29 is 19.1 Å². The summed E-state index contributed by atoms with van der Waals surface area (Å²) in [6, 6.07) is 1.52. The molecule has 5 nitrogen and oxygen atoms in total. The second-order valence-corrected chi connectivity index (χ2v) is 6.02. The molecular weight excluding hydrogens is 282 g/mol. The summed E-state index contributed by atoms with van der Waals surface area (Å²) in [6.45, 7) is 3.98. The van der Waals surface area contributed by atoms with Crippen LogP contribution in [-0.2, 0) is 6.42 Å². The molecule has 1 aliphatic rings. The van der Waals surface area contributed by atoms with Gasteiger partial charge in [-0.3, -0.25) is 4.79 Å². The largest absolute Gasteiger partial charge is 0.478 e. The second-order valence-electron chi connectivity index (χ2n) is 6.02. The van der Waals surface area contributed by atoms with Gasteiger partial charge in [0.05, 0.1) is 0 Å². The number of amides is 1. The summed E-state index contributed by atoms with van der Waals surface area (Å²) in [5.41, 5.74) is 0.0848. The van der Waals surface area contributed by atoms with Crippen molar-refractivity contribution in [3.05, 3.63) is 23.2 Å². The number of hydrogen-bond donors (Lipinski definition) is 2. The van der Waals surface area contributed by atoms with Crippen LogP contribution >= 0.6 is 0 Å². The van der Waals surface area contributed by atoms with E-state index in [-0.39, 0.29) is 23.3 Å². The normalized spacial score (nSPS) is 21.0. The average Bonchev–Trinajstić information content (AvgIpc) is 3.11. The van der Waals surface area contributed by atoms with E-state index in [1.807, 2.05) is 6.92 Å². The Kier molecular flexibility index (Phi) is 5.63. The van der Waals surface area contributed by atoms with Crippen molar-refractivity contribution in [2.24, 2.45) is 5.92 Å². The highest BCUT2D eigenvalue weighted by Gasteiger charge is 2.29. The molecule has 122 valence electrons. The van der Waals surface area contributed by atoms with Crippen LogP contribution in [0.3, 0.4) is 0 Å². The van der Waals surface area contributed by atoms with Gasteiger partial charge in [0.1, 0.15) is 11.3 Å². The first-order chi connectivity index (χ1) is 10.6. The molecule has 0 spiro atoms. The van der Waals surface area contributed by atoms with Crippen molar-refractivity contribution >= 4 is 11.9 Å². The maximum Gasteiger partial charge on any atom is 0.339 e. The van der Waals surface area contributed by atoms with Gasteiger partial charge in [-0.25, -0.2) is 4.79 Å². The van der Waals surface area contributed by atoms with Crippen molar-refractivity contribution in [1.29, 1.82) is 0 Å². The quantitative estimate of drug-likeness (QED) is 0.806. The number of carboxylic acid groups (broad SMARTS) is 1. The highest BCUT2D eigenvalue weighted by atomic mass is 16.4. The van der Waals surface area contributed by atoms with Crippen LogP contribution in [0.15, 0.2) is 10.5 Å². The van der Waals surface area contributed by atoms with E-state index in [0.717, 1.165) is 32.1 Å². The highest BCUT2D eigenvalue weighted by Crippen LogP contribution is 2.30. The summed E-state index contributed by atoms with van der Waals surface area (Å²) >= 11 is 0. The smallest absolute Gasteiger partial charge is 0.339 e. The van der Waals surface area contributed by atoms with Crippen LogP contribution in [0.5, 0.6) is 0 Å². The molecule has 1 amide bonds. The lowest BCUT2D eigenvalue weighted by molar-refractivity contribution is 0.0694. The number of carbonyl (C=O) groups excluding carboxylic acids is 1. The van der Waals surface area contributed by atoms with Gasteiger partial charge in [-0.05, 0) is 25.2 Å². The lowest BCUT2D eigenvalue weighted by Gasteiger charge is -2.20. The van der Waals surface area contributed by atoms with Crippen LogP contribution in [0.1, 0.15) is 79.0 Å². The minimum absolute atomic E-state index is 0.0848. The van der Waals surface area contributed by atoms with Crippen LogP contribution in [0.25, 0.3) is 0 Å². The molecule has 1 heterocycles. The molecule has 0 aliphatic heterocycles. The molecule has 1 aliphatic carbocycles. The molecule has 22 heavy (non-hydrogen) atoms. The Hall–Kier alpha value is -1.78. The first-order valence-corrected chi connectivity index (χ1v) is 8.23. The SMILES string of the molecule is CCCCC1CCCC1NC(=O)c1cc(C(=O)O)c(CC)o1. The van der Waals surface area contributed by atoms with Crippen LogP contribution in [-0.4, -0.2) is 23.0 Å². The van der Waals surface area contributed by atoms with Gasteiger partial charge in [0.25, 0.3) is 5.91 Å². The Labute approximate surface area is 131 Å². The zero-order valence-electron chi connectivity index (χ0n) is 13.4. The van der Waals surface area contributed by atoms with Gasteiger partial charge in [0.2, 0.25) is 0 Å². The summed E-state index contributed by atoms with van der Waals surface area (Å²) in [5, 5.41) is 12.2. The standard InChI is InChI=1S/C17H25NO4/c1-3-5-7-11-8-6-9-13(11)18-16(19)15-10-12(17(20)21)14(4-2)22-15/h10-11,13H,3-9H2,1-2H3,(H,18,19)(H,20,21). The summed E-state index contributed by atoms with van der Waals surface area (Å²) in [7, 11) is 0. The Morgan fingerprint density at radius 1 is 1.36 bits per heavy atom. The molecule has 1 fully saturated rings. The Balaban J connectivity index is 2.04. The molecule has 1 aromatic rings. The number of carboxylic acids is 1. The molecule has 0 bridgehead atoms. The van der Waals surface area contributed by atoms with Crippen LogP contribution in [0.4, 0.5) is 0 Å². The van der Waals surface area contributed by atoms with E-state index in [4.69, 9.17) is 9.52 Å². The zero-order chi connectivity index (χ0) is 16.1. The molecule has 0 saturated heterocycles. The summed E-state index contributed by atoms with van der Waals surface area (Å²) in [5.74, 6) is -0.359. The molecule has 1 aromatic heterocycles. The van der Waals surface area contributed by atoms with Gasteiger partial charge < -0.3 is 14.8 Å². The molecule has 0 radical (unpaired) electrons. The van der Waals surface area contributed by atoms with E-state index >= 15 is 0 Å². The Morgan fingerprint density at radius 2 is 2.14 bits per heavy atom. The molecule has 1 saturated carbocycles. The third kappa shape index (κ3) is 3.70. The van der Waals surface area contributed by atoms with E-state index in [2.05, 4.69) is 12.2 Å². The molecule has 5 heteroatoms. The van der Waals surface area contributed by atoms with E-state index in [1.165, 1.54) is 12.5 Å². The maximum absolute atomic E-state index is 12.3. The summed E-state index contributed by atoms with van der Waals surface area (Å²) in [4.78, 5) is 23.5. The number of aromatic carboxylic acids is 1. The minimum Gasteiger partial charge on any atom is -0.478 e. The number of furan rings is 1. The van der Waals surface area contributed by atoms with E-state index < -0.39 is 5.97 Å². The average molecular weight is 307 g/mol. The third-order valence-electron chi connectivity index (χ3n) is 4.49. The van der Waals surface area contributed by atoms with Crippen molar-refractivity contribution in [3.8, 4) is 0 Å². The van der Waals surface area contributed by atoms with Crippen LogP contribution in [0, 0.1) is 5.92 Å². The van der Waals surface area contributed by atoms with Crippen molar-refractivity contribution in [3.63, 3.8) is 0 Å². The minimum atomic E-state index is -1.05. The third-order valence-corrected chi connectivity index (χ3v) is 4.49. The van der Waals surface area contributed by atoms with Crippen LogP contribution < -0.4 is 5.32 Å². The predicted octanol–water partition coefficient (Wildman–Crippen LogP) is 3.63. The zero-order valence-corrected chi connectivity index (χ0v) is 13.4. The summed E-state index contributed by atoms with van der Waals surface area (Å²) < 4.78 is 5.42. The maximum atomic E-state index is 12.3. The number of aryl methyl sites for hydroxylation is 1. The molecule has 2 atom stereocenters. The molecule has 2 unspecified atom stereocenters. The van der Waals surface area contributed by atoms with Crippen molar-refractivity contribution in [2.75, 3.05) is 0 Å². The lowest BCUT2D eigenvalue weighted by atomic mass is 9.97. The number of carbonyl (C=O) groups is 2. The molecule has 0 aromatic carbocycles. The van der Waals surface area contributed by atoms with E-state index in [0.29, 0.717) is 18.1 Å². The van der Waals surface area contributed by atoms with Gasteiger partial charge in [0, 0.05) is 18.5 Å². The summed E-state index contributed by atoms with van der Waals surface area (Å²) in [6.07, 6.45) is 7.23. The molecule has 2 rings (SSSR count). The van der Waals surface area contributed by atoms with Gasteiger partial charge in [-0.1, -0.05) is 33.1 Å². The fourth-order valence-corrected chi connectivity index (χ4v) is 3.26. The highest BCUT2D eigenvalue weighted by molar-refractivity contribution is 5.96. The van der Waals surface area contributed by atoms with Gasteiger partial charge in [0.15, 0.2) is 5.76 Å². The van der Waals surface area contributed by atoms with Crippen molar-refractivity contribution in [2.45, 2.75) is 64.8 Å². The van der Waals surface area contributed by atoms with E-state index in [1.54, 1.807) is 0 Å². The predicted molar refractivity (Wildman–Crippen MR) is 83.2 cm³/mol. The fraction of sp³-hybridized carbons (Fsp3) is 0.647. The van der Waals surface area contributed by atoms with Gasteiger partial charge >= 0.3 is 5.97 Å². The number of nitrogens with one attached hydrogen (secondary N) is 1. The lowest BCUT2D eigenvalue weighted by Crippen LogP contribution is -2.37. The van der Waals surface area contributed by atoms with Crippen LogP contribution in [0.2, 0.25) is 0 Å². The topological polar surface area (TPSA) is 79.5 Å². The molecule has 2 N–H and O–H groups in total. The first kappa shape index (κ1) is 16.6. The number of hydrogen-bond acceptors (Lipinski definition) is 3. The van der Waals surface area contributed by atoms with Gasteiger partial charge in [-0.15, -0.1) is 0 Å². The second kappa shape index (κ2) is 7.47.